The van der Waals surface area contributed by atoms with Crippen LogP contribution in [-0.4, -0.2) is 32.0 Å². The number of hydrogen-bond acceptors (Lipinski definition) is 5. The first-order valence-corrected chi connectivity index (χ1v) is 10.1. The van der Waals surface area contributed by atoms with Crippen molar-refractivity contribution in [1.82, 2.24) is 9.97 Å². The van der Waals surface area contributed by atoms with Gasteiger partial charge in [-0.25, -0.2) is 18.7 Å². The van der Waals surface area contributed by atoms with Gasteiger partial charge in [0.05, 0.1) is 16.6 Å². The summed E-state index contributed by atoms with van der Waals surface area (Å²) in [6, 6.07) is 0.959. The van der Waals surface area contributed by atoms with Crippen molar-refractivity contribution in [3.63, 3.8) is 0 Å². The molecule has 1 aliphatic rings. The predicted octanol–water partition coefficient (Wildman–Crippen LogP) is 5.83. The molecule has 1 heterocycles. The Kier molecular flexibility index (Phi) is 5.49. The molecule has 4 rings (SSSR count). The molecule has 174 valence electrons. The van der Waals surface area contributed by atoms with Gasteiger partial charge >= 0.3 is 6.18 Å². The van der Waals surface area contributed by atoms with E-state index in [1.807, 2.05) is 0 Å². The molecule has 2 atom stereocenters. The van der Waals surface area contributed by atoms with Crippen LogP contribution in [0.1, 0.15) is 36.3 Å². The van der Waals surface area contributed by atoms with Gasteiger partial charge < -0.3 is 15.5 Å². The zero-order valence-electron chi connectivity index (χ0n) is 17.2. The number of rotatable bonds is 2. The minimum atomic E-state index is -5.16. The van der Waals surface area contributed by atoms with Gasteiger partial charge in [-0.05, 0) is 37.1 Å². The monoisotopic (exact) mass is 485 g/mol. The number of anilines is 1. The minimum Gasteiger partial charge on any atom is -0.504 e. The van der Waals surface area contributed by atoms with E-state index in [9.17, 15) is 32.2 Å². The summed E-state index contributed by atoms with van der Waals surface area (Å²) in [4.78, 5) is 8.10. The molecule has 0 saturated carbocycles. The van der Waals surface area contributed by atoms with Crippen molar-refractivity contribution in [3.05, 3.63) is 64.1 Å². The van der Waals surface area contributed by atoms with Crippen molar-refractivity contribution in [3.8, 4) is 5.75 Å². The Balaban J connectivity index is 2.01. The zero-order chi connectivity index (χ0) is 24.3. The molecular weight excluding hydrogens is 469 g/mol. The average molecular weight is 486 g/mol. The zero-order valence-corrected chi connectivity index (χ0v) is 18.0. The first-order chi connectivity index (χ1) is 15.4. The lowest BCUT2D eigenvalue weighted by Crippen LogP contribution is -2.54. The maximum atomic E-state index is 14.3. The Hall–Kier alpha value is -2.98. The van der Waals surface area contributed by atoms with Crippen LogP contribution >= 0.6 is 11.6 Å². The molecule has 33 heavy (non-hydrogen) atoms. The van der Waals surface area contributed by atoms with Gasteiger partial charge in [0, 0.05) is 35.3 Å². The summed E-state index contributed by atoms with van der Waals surface area (Å²) >= 11 is 5.83. The summed E-state index contributed by atoms with van der Waals surface area (Å²) in [5.74, 6) is -2.61. The summed E-state index contributed by atoms with van der Waals surface area (Å²) in [6.45, 7) is 2.96. The quantitative estimate of drug-likeness (QED) is 0.398. The fourth-order valence-corrected chi connectivity index (χ4v) is 4.32. The van der Waals surface area contributed by atoms with Gasteiger partial charge in [-0.15, -0.1) is 0 Å². The van der Waals surface area contributed by atoms with Gasteiger partial charge in [-0.1, -0.05) is 17.7 Å². The highest BCUT2D eigenvalue weighted by atomic mass is 35.5. The molecule has 0 amide bonds. The molecule has 0 saturated heterocycles. The Bertz CT molecular complexity index is 1310. The summed E-state index contributed by atoms with van der Waals surface area (Å²) < 4.78 is 71.3. The number of aliphatic hydroxyl groups is 1. The number of nitrogens with zero attached hydrogens (tertiary/aromatic N) is 2. The normalized spacial score (nSPS) is 22.0. The number of alkyl halides is 3. The minimum absolute atomic E-state index is 0.126. The van der Waals surface area contributed by atoms with E-state index in [1.54, 1.807) is 6.92 Å². The molecule has 0 fully saturated rings. The van der Waals surface area contributed by atoms with Crippen LogP contribution in [-0.2, 0) is 0 Å². The lowest BCUT2D eigenvalue weighted by atomic mass is 9.72. The van der Waals surface area contributed by atoms with E-state index in [0.29, 0.717) is 5.82 Å². The van der Waals surface area contributed by atoms with E-state index in [0.717, 1.165) is 18.2 Å². The summed E-state index contributed by atoms with van der Waals surface area (Å²) in [5, 5.41) is 23.4. The van der Waals surface area contributed by atoms with E-state index < -0.39 is 46.6 Å². The molecule has 1 aromatic heterocycles. The van der Waals surface area contributed by atoms with Crippen molar-refractivity contribution < 1.29 is 32.2 Å². The first kappa shape index (κ1) is 23.2. The molecular formula is C22H17ClF5N3O2. The van der Waals surface area contributed by atoms with Crippen LogP contribution in [0.5, 0.6) is 5.75 Å². The van der Waals surface area contributed by atoms with Crippen molar-refractivity contribution >= 4 is 33.8 Å². The highest BCUT2D eigenvalue weighted by molar-refractivity contribution is 6.31. The van der Waals surface area contributed by atoms with E-state index in [2.05, 4.69) is 15.3 Å². The Morgan fingerprint density at radius 2 is 1.94 bits per heavy atom. The maximum absolute atomic E-state index is 14.3. The average Bonchev–Trinajstić information content (AvgIpc) is 2.72. The molecule has 3 N–H and O–H groups in total. The first-order valence-electron chi connectivity index (χ1n) is 9.72. The summed E-state index contributed by atoms with van der Waals surface area (Å²) in [6.07, 6.45) is -3.60. The fraction of sp³-hybridized carbons (Fsp3) is 0.273. The van der Waals surface area contributed by atoms with Gasteiger partial charge in [0.2, 0.25) is 0 Å². The van der Waals surface area contributed by atoms with Crippen molar-refractivity contribution in [2.75, 3.05) is 5.32 Å². The Morgan fingerprint density at radius 3 is 2.58 bits per heavy atom. The number of aromatic nitrogens is 2. The van der Waals surface area contributed by atoms with E-state index in [1.165, 1.54) is 19.2 Å². The van der Waals surface area contributed by atoms with Gasteiger partial charge in [0.15, 0.2) is 17.2 Å². The van der Waals surface area contributed by atoms with Crippen LogP contribution < -0.4 is 5.32 Å². The number of fused-ring (bicyclic) bond motifs is 2. The van der Waals surface area contributed by atoms with Crippen molar-refractivity contribution in [2.24, 2.45) is 0 Å². The standard InChI is InChI=1S/C22H17ClF5N3O2/c1-3-10-7-21(33,22(26,27)28)20(12-6-14(23)18(25)19(32)17(10)12)31-16-5-11(24)4-15-13(16)8-29-9(2)30-15/h3-6,8,20,31-33H,7H2,1-2H3/b10-3-/t20-,21+/m0/s1. The van der Waals surface area contributed by atoms with Gasteiger partial charge in [-0.3, -0.25) is 0 Å². The van der Waals surface area contributed by atoms with Crippen LogP contribution in [0.2, 0.25) is 5.02 Å². The van der Waals surface area contributed by atoms with E-state index in [-0.39, 0.29) is 33.3 Å². The van der Waals surface area contributed by atoms with Gasteiger partial charge in [-0.2, -0.15) is 13.2 Å². The third kappa shape index (κ3) is 3.67. The molecule has 0 unspecified atom stereocenters. The van der Waals surface area contributed by atoms with Gasteiger partial charge in [0.25, 0.3) is 0 Å². The number of nitrogens with one attached hydrogen (secondary N) is 1. The second-order valence-electron chi connectivity index (χ2n) is 7.78. The smallest absolute Gasteiger partial charge is 0.419 e. The molecule has 0 aliphatic heterocycles. The molecule has 0 spiro atoms. The number of hydrogen-bond donors (Lipinski definition) is 3. The molecule has 0 bridgehead atoms. The van der Waals surface area contributed by atoms with E-state index in [4.69, 9.17) is 11.6 Å². The topological polar surface area (TPSA) is 78.3 Å². The number of aromatic hydroxyl groups is 1. The molecule has 3 aromatic rings. The third-order valence-electron chi connectivity index (χ3n) is 5.72. The van der Waals surface area contributed by atoms with Crippen LogP contribution in [0.3, 0.4) is 0 Å². The number of allylic oxidation sites excluding steroid dienone is 1. The van der Waals surface area contributed by atoms with Crippen LogP contribution in [0.4, 0.5) is 27.6 Å². The number of phenolic OH excluding ortho intramolecular Hbond substituents is 1. The summed E-state index contributed by atoms with van der Waals surface area (Å²) in [5.41, 5.74) is -4.06. The van der Waals surface area contributed by atoms with Crippen molar-refractivity contribution in [1.29, 1.82) is 0 Å². The van der Waals surface area contributed by atoms with Crippen LogP contribution in [0.15, 0.2) is 30.5 Å². The molecule has 5 nitrogen and oxygen atoms in total. The largest absolute Gasteiger partial charge is 0.504 e. The second kappa shape index (κ2) is 7.81. The van der Waals surface area contributed by atoms with E-state index >= 15 is 0 Å². The second-order valence-corrected chi connectivity index (χ2v) is 8.19. The third-order valence-corrected chi connectivity index (χ3v) is 5.99. The summed E-state index contributed by atoms with van der Waals surface area (Å²) in [7, 11) is 0. The van der Waals surface area contributed by atoms with Crippen LogP contribution in [0, 0.1) is 18.6 Å². The maximum Gasteiger partial charge on any atom is 0.419 e. The fourth-order valence-electron chi connectivity index (χ4n) is 4.11. The van der Waals surface area contributed by atoms with Crippen molar-refractivity contribution in [2.45, 2.75) is 38.1 Å². The van der Waals surface area contributed by atoms with Gasteiger partial charge in [0.1, 0.15) is 11.6 Å². The molecule has 0 radical (unpaired) electrons. The lowest BCUT2D eigenvalue weighted by molar-refractivity contribution is -0.265. The Labute approximate surface area is 189 Å². The predicted molar refractivity (Wildman–Crippen MR) is 113 cm³/mol. The SMILES string of the molecule is C/C=C1/C[C@](O)(C(F)(F)F)[C@@H](Nc2cc(F)cc3nc(C)ncc23)c2cc(Cl)c(F)c(O)c21. The molecule has 2 aromatic carbocycles. The highest BCUT2D eigenvalue weighted by Crippen LogP contribution is 2.55. The molecule has 11 heteroatoms. The number of phenols is 1. The molecule has 1 aliphatic carbocycles. The number of benzene rings is 2. The van der Waals surface area contributed by atoms with Crippen LogP contribution in [0.25, 0.3) is 16.5 Å². The lowest BCUT2D eigenvalue weighted by Gasteiger charge is -2.44. The number of aryl methyl sites for hydroxylation is 1. The highest BCUT2D eigenvalue weighted by Gasteiger charge is 2.62. The number of halogens is 6. The Morgan fingerprint density at radius 1 is 1.24 bits per heavy atom.